The number of benzene rings is 1. The Balaban J connectivity index is 1.82. The smallest absolute Gasteiger partial charge is 0.240 e. The average molecular weight is 358 g/mol. The van der Waals surface area contributed by atoms with Crippen molar-refractivity contribution in [1.82, 2.24) is 10.1 Å². The second kappa shape index (κ2) is 9.15. The zero-order valence-corrected chi connectivity index (χ0v) is 15.7. The van der Waals surface area contributed by atoms with Gasteiger partial charge >= 0.3 is 0 Å². The fourth-order valence-electron chi connectivity index (χ4n) is 2.48. The minimum atomic E-state index is -0.263. The molecule has 7 heteroatoms. The minimum absolute atomic E-state index is 0.0700. The summed E-state index contributed by atoms with van der Waals surface area (Å²) in [5.74, 6) is 0.110. The van der Waals surface area contributed by atoms with Gasteiger partial charge in [0.15, 0.2) is 0 Å². The number of para-hydroxylation sites is 1. The molecular weight excluding hydrogens is 332 g/mol. The molecule has 0 fully saturated rings. The quantitative estimate of drug-likeness (QED) is 0.758. The second-order valence-corrected chi connectivity index (χ2v) is 6.55. The number of carbonyl (C=O) groups excluding carboxylic acids is 2. The van der Waals surface area contributed by atoms with Crippen LogP contribution in [0.25, 0.3) is 0 Å². The first kappa shape index (κ1) is 19.7. The van der Waals surface area contributed by atoms with E-state index in [1.807, 2.05) is 45.0 Å². The van der Waals surface area contributed by atoms with Gasteiger partial charge in [-0.25, -0.2) is 0 Å². The molecule has 0 atom stereocenters. The zero-order valence-electron chi connectivity index (χ0n) is 15.7. The van der Waals surface area contributed by atoms with Crippen molar-refractivity contribution >= 4 is 23.4 Å². The van der Waals surface area contributed by atoms with E-state index >= 15 is 0 Å². The molecule has 0 saturated carbocycles. The molecule has 0 aliphatic carbocycles. The van der Waals surface area contributed by atoms with Crippen LogP contribution in [-0.2, 0) is 16.0 Å². The van der Waals surface area contributed by atoms with Crippen molar-refractivity contribution < 1.29 is 14.1 Å². The Morgan fingerprint density at radius 3 is 2.42 bits per heavy atom. The van der Waals surface area contributed by atoms with Crippen molar-refractivity contribution in [2.75, 3.05) is 30.8 Å². The Kier molecular flexibility index (Phi) is 6.91. The normalized spacial score (nSPS) is 11.0. The molecule has 1 heterocycles. The van der Waals surface area contributed by atoms with Gasteiger partial charge in [-0.2, -0.15) is 0 Å². The molecule has 2 aromatic rings. The van der Waals surface area contributed by atoms with Gasteiger partial charge in [-0.3, -0.25) is 19.8 Å². The lowest BCUT2D eigenvalue weighted by Crippen LogP contribution is -2.36. The Labute approximate surface area is 153 Å². The van der Waals surface area contributed by atoms with E-state index in [9.17, 15) is 9.59 Å². The molecule has 0 aliphatic heterocycles. The third kappa shape index (κ3) is 5.70. The third-order valence-electron chi connectivity index (χ3n) is 3.88. The van der Waals surface area contributed by atoms with Crippen LogP contribution < -0.4 is 10.6 Å². The molecule has 2 rings (SSSR count). The maximum Gasteiger partial charge on any atom is 0.240 e. The first-order chi connectivity index (χ1) is 12.4. The number of hydrogen-bond donors (Lipinski definition) is 2. The van der Waals surface area contributed by atoms with Crippen molar-refractivity contribution in [3.8, 4) is 0 Å². The van der Waals surface area contributed by atoms with Crippen LogP contribution >= 0.6 is 0 Å². The molecule has 0 bridgehead atoms. The highest BCUT2D eigenvalue weighted by Gasteiger charge is 2.14. The molecule has 0 aliphatic rings. The molecule has 1 aromatic heterocycles. The minimum Gasteiger partial charge on any atom is -0.338 e. The van der Waals surface area contributed by atoms with E-state index in [1.165, 1.54) is 0 Å². The standard InChI is InChI=1S/C19H26N4O3/c1-5-14-8-6-7-9-15(14)20-17(24)11-23(4)12-18(25)21-19-10-16(13(2)3)22-26-19/h6-10,13H,5,11-12H2,1-4H3,(H,20,24)(H,21,25). The molecule has 2 amide bonds. The number of aryl methyl sites for hydroxylation is 1. The van der Waals surface area contributed by atoms with E-state index < -0.39 is 0 Å². The van der Waals surface area contributed by atoms with Crippen molar-refractivity contribution in [2.45, 2.75) is 33.1 Å². The van der Waals surface area contributed by atoms with E-state index in [-0.39, 0.29) is 30.8 Å². The third-order valence-corrected chi connectivity index (χ3v) is 3.88. The van der Waals surface area contributed by atoms with Crippen LogP contribution in [0.2, 0.25) is 0 Å². The maximum atomic E-state index is 12.2. The fourth-order valence-corrected chi connectivity index (χ4v) is 2.48. The summed E-state index contributed by atoms with van der Waals surface area (Å²) in [5, 5.41) is 9.43. The number of nitrogens with one attached hydrogen (secondary N) is 2. The van der Waals surface area contributed by atoms with Gasteiger partial charge < -0.3 is 9.84 Å². The summed E-state index contributed by atoms with van der Waals surface area (Å²) in [6.45, 7) is 6.20. The van der Waals surface area contributed by atoms with Crippen molar-refractivity contribution in [3.63, 3.8) is 0 Å². The molecule has 0 unspecified atom stereocenters. The monoisotopic (exact) mass is 358 g/mol. The number of likely N-dealkylation sites (N-methyl/N-ethyl adjacent to an activating group) is 1. The van der Waals surface area contributed by atoms with Gasteiger partial charge in [-0.15, -0.1) is 0 Å². The van der Waals surface area contributed by atoms with Crippen LogP contribution in [0.15, 0.2) is 34.9 Å². The van der Waals surface area contributed by atoms with Gasteiger partial charge in [0.05, 0.1) is 18.8 Å². The first-order valence-electron chi connectivity index (χ1n) is 8.71. The lowest BCUT2D eigenvalue weighted by atomic mass is 10.1. The van der Waals surface area contributed by atoms with Gasteiger partial charge in [-0.05, 0) is 31.0 Å². The van der Waals surface area contributed by atoms with Crippen LogP contribution in [0.1, 0.15) is 37.9 Å². The predicted octanol–water partition coefficient (Wildman–Crippen LogP) is 2.87. The number of carbonyl (C=O) groups is 2. The fraction of sp³-hybridized carbons (Fsp3) is 0.421. The average Bonchev–Trinajstić information content (AvgIpc) is 3.03. The Hall–Kier alpha value is -2.67. The van der Waals surface area contributed by atoms with E-state index in [4.69, 9.17) is 4.52 Å². The molecule has 1 aromatic carbocycles. The van der Waals surface area contributed by atoms with E-state index in [0.717, 1.165) is 23.4 Å². The number of amides is 2. The van der Waals surface area contributed by atoms with Gasteiger partial charge in [0.2, 0.25) is 17.7 Å². The molecule has 2 N–H and O–H groups in total. The highest BCUT2D eigenvalue weighted by molar-refractivity contribution is 5.94. The number of anilines is 2. The Morgan fingerprint density at radius 2 is 1.81 bits per heavy atom. The Morgan fingerprint density at radius 1 is 1.15 bits per heavy atom. The number of aromatic nitrogens is 1. The summed E-state index contributed by atoms with van der Waals surface area (Å²) in [6.07, 6.45) is 0.838. The first-order valence-corrected chi connectivity index (χ1v) is 8.71. The van der Waals surface area contributed by atoms with Crippen LogP contribution in [0.4, 0.5) is 11.6 Å². The van der Waals surface area contributed by atoms with Crippen LogP contribution in [0.5, 0.6) is 0 Å². The zero-order chi connectivity index (χ0) is 19.1. The van der Waals surface area contributed by atoms with Crippen LogP contribution in [0.3, 0.4) is 0 Å². The summed E-state index contributed by atoms with van der Waals surface area (Å²) in [4.78, 5) is 25.9. The van der Waals surface area contributed by atoms with Crippen molar-refractivity contribution in [3.05, 3.63) is 41.6 Å². The summed E-state index contributed by atoms with van der Waals surface area (Å²) >= 11 is 0. The van der Waals surface area contributed by atoms with E-state index in [2.05, 4.69) is 15.8 Å². The van der Waals surface area contributed by atoms with E-state index in [0.29, 0.717) is 5.88 Å². The van der Waals surface area contributed by atoms with Crippen molar-refractivity contribution in [1.29, 1.82) is 0 Å². The highest BCUT2D eigenvalue weighted by Crippen LogP contribution is 2.17. The summed E-state index contributed by atoms with van der Waals surface area (Å²) < 4.78 is 5.08. The topological polar surface area (TPSA) is 87.5 Å². The molecular formula is C19H26N4O3. The summed E-state index contributed by atoms with van der Waals surface area (Å²) in [5.41, 5.74) is 2.66. The second-order valence-electron chi connectivity index (χ2n) is 6.55. The molecule has 26 heavy (non-hydrogen) atoms. The predicted molar refractivity (Wildman–Crippen MR) is 101 cm³/mol. The molecule has 7 nitrogen and oxygen atoms in total. The van der Waals surface area contributed by atoms with Gasteiger partial charge in [0, 0.05) is 11.8 Å². The molecule has 0 saturated heterocycles. The maximum absolute atomic E-state index is 12.2. The summed E-state index contributed by atoms with van der Waals surface area (Å²) in [7, 11) is 1.71. The lowest BCUT2D eigenvalue weighted by molar-refractivity contribution is -0.119. The van der Waals surface area contributed by atoms with Gasteiger partial charge in [0.25, 0.3) is 0 Å². The van der Waals surface area contributed by atoms with Gasteiger partial charge in [0.1, 0.15) is 0 Å². The molecule has 140 valence electrons. The SMILES string of the molecule is CCc1ccccc1NC(=O)CN(C)CC(=O)Nc1cc(C(C)C)no1. The molecule has 0 radical (unpaired) electrons. The van der Waals surface area contributed by atoms with Crippen LogP contribution in [-0.4, -0.2) is 42.0 Å². The summed E-state index contributed by atoms with van der Waals surface area (Å²) in [6, 6.07) is 9.39. The lowest BCUT2D eigenvalue weighted by Gasteiger charge is -2.16. The van der Waals surface area contributed by atoms with Crippen molar-refractivity contribution in [2.24, 2.45) is 0 Å². The van der Waals surface area contributed by atoms with Gasteiger partial charge in [-0.1, -0.05) is 44.1 Å². The van der Waals surface area contributed by atoms with Crippen LogP contribution in [0, 0.1) is 0 Å². The highest BCUT2D eigenvalue weighted by atomic mass is 16.5. The van der Waals surface area contributed by atoms with E-state index in [1.54, 1.807) is 18.0 Å². The largest absolute Gasteiger partial charge is 0.338 e. The number of rotatable bonds is 8. The molecule has 0 spiro atoms. The number of nitrogens with zero attached hydrogens (tertiary/aromatic N) is 2. The number of hydrogen-bond acceptors (Lipinski definition) is 5. The Bertz CT molecular complexity index is 755.